The second-order valence-corrected chi connectivity index (χ2v) is 4.72. The summed E-state index contributed by atoms with van der Waals surface area (Å²) in [6.45, 7) is 2.18. The van der Waals surface area contributed by atoms with Gasteiger partial charge >= 0.3 is 0 Å². The van der Waals surface area contributed by atoms with Crippen LogP contribution in [0, 0.1) is 11.3 Å². The summed E-state index contributed by atoms with van der Waals surface area (Å²) in [5.41, 5.74) is 2.33. The van der Waals surface area contributed by atoms with E-state index in [1.54, 1.807) is 12.4 Å². The molecule has 1 heterocycles. The molecule has 1 aromatic carbocycles. The first-order valence-corrected chi connectivity index (χ1v) is 6.69. The minimum atomic E-state index is -0.0844. The number of rotatable bonds is 5. The highest BCUT2D eigenvalue weighted by Crippen LogP contribution is 2.31. The molecule has 96 valence electrons. The van der Waals surface area contributed by atoms with Crippen molar-refractivity contribution in [3.8, 4) is 6.07 Å². The Kier molecular flexibility index (Phi) is 4.69. The lowest BCUT2D eigenvalue weighted by Crippen LogP contribution is -2.05. The molecule has 0 aliphatic rings. The second-order valence-electron chi connectivity index (χ2n) is 4.72. The van der Waals surface area contributed by atoms with Crippen molar-refractivity contribution >= 4 is 0 Å². The molecule has 2 nitrogen and oxygen atoms in total. The van der Waals surface area contributed by atoms with Crippen LogP contribution in [0.1, 0.15) is 42.7 Å². The third-order valence-corrected chi connectivity index (χ3v) is 3.53. The van der Waals surface area contributed by atoms with E-state index in [4.69, 9.17) is 0 Å². The highest BCUT2D eigenvalue weighted by Gasteiger charge is 2.18. The van der Waals surface area contributed by atoms with E-state index < -0.39 is 0 Å². The first kappa shape index (κ1) is 13.3. The predicted molar refractivity (Wildman–Crippen MR) is 76.7 cm³/mol. The zero-order valence-corrected chi connectivity index (χ0v) is 11.2. The Bertz CT molecular complexity index is 528. The molecule has 0 bridgehead atoms. The SMILES string of the molecule is CC[C@H](C[C@@H](C#N)c1cccnc1)c1ccccc1. The van der Waals surface area contributed by atoms with E-state index >= 15 is 0 Å². The number of nitriles is 1. The average Bonchev–Trinajstić information content (AvgIpc) is 2.50. The summed E-state index contributed by atoms with van der Waals surface area (Å²) >= 11 is 0. The van der Waals surface area contributed by atoms with E-state index in [9.17, 15) is 5.26 Å². The van der Waals surface area contributed by atoms with E-state index in [1.165, 1.54) is 5.56 Å². The summed E-state index contributed by atoms with van der Waals surface area (Å²) in [6.07, 6.45) is 5.43. The van der Waals surface area contributed by atoms with Gasteiger partial charge in [0.15, 0.2) is 0 Å². The third kappa shape index (κ3) is 3.42. The van der Waals surface area contributed by atoms with Crippen LogP contribution in [0.25, 0.3) is 0 Å². The fourth-order valence-corrected chi connectivity index (χ4v) is 2.39. The maximum atomic E-state index is 9.39. The largest absolute Gasteiger partial charge is 0.264 e. The van der Waals surface area contributed by atoms with Crippen molar-refractivity contribution in [3.05, 3.63) is 66.0 Å². The highest BCUT2D eigenvalue weighted by molar-refractivity contribution is 5.25. The van der Waals surface area contributed by atoms with Crippen molar-refractivity contribution < 1.29 is 0 Å². The van der Waals surface area contributed by atoms with Gasteiger partial charge in [-0.15, -0.1) is 0 Å². The van der Waals surface area contributed by atoms with Crippen molar-refractivity contribution in [2.75, 3.05) is 0 Å². The van der Waals surface area contributed by atoms with Crippen molar-refractivity contribution in [2.24, 2.45) is 0 Å². The fourth-order valence-electron chi connectivity index (χ4n) is 2.39. The molecule has 0 N–H and O–H groups in total. The van der Waals surface area contributed by atoms with Gasteiger partial charge in [0.2, 0.25) is 0 Å². The first-order chi connectivity index (χ1) is 9.35. The maximum absolute atomic E-state index is 9.39. The smallest absolute Gasteiger partial charge is 0.0733 e. The van der Waals surface area contributed by atoms with Crippen molar-refractivity contribution in [3.63, 3.8) is 0 Å². The van der Waals surface area contributed by atoms with Crippen LogP contribution in [-0.2, 0) is 0 Å². The van der Waals surface area contributed by atoms with Gasteiger partial charge in [0.1, 0.15) is 0 Å². The molecule has 0 aliphatic heterocycles. The van der Waals surface area contributed by atoms with Crippen LogP contribution in [0.5, 0.6) is 0 Å². The highest BCUT2D eigenvalue weighted by atomic mass is 14.6. The molecule has 0 unspecified atom stereocenters. The van der Waals surface area contributed by atoms with E-state index in [-0.39, 0.29) is 5.92 Å². The van der Waals surface area contributed by atoms with Crippen LogP contribution >= 0.6 is 0 Å². The van der Waals surface area contributed by atoms with Gasteiger partial charge in [-0.2, -0.15) is 5.26 Å². The van der Waals surface area contributed by atoms with Gasteiger partial charge in [0, 0.05) is 12.4 Å². The molecule has 19 heavy (non-hydrogen) atoms. The monoisotopic (exact) mass is 250 g/mol. The molecule has 0 aliphatic carbocycles. The molecule has 2 atom stereocenters. The molecule has 2 rings (SSSR count). The molecule has 1 aromatic heterocycles. The average molecular weight is 250 g/mol. The van der Waals surface area contributed by atoms with E-state index in [1.807, 2.05) is 18.2 Å². The first-order valence-electron chi connectivity index (χ1n) is 6.69. The Labute approximate surface area is 114 Å². The summed E-state index contributed by atoms with van der Waals surface area (Å²) in [5, 5.41) is 9.39. The molecule has 0 saturated carbocycles. The van der Waals surface area contributed by atoms with Gasteiger partial charge < -0.3 is 0 Å². The number of hydrogen-bond acceptors (Lipinski definition) is 2. The topological polar surface area (TPSA) is 36.7 Å². The Hall–Kier alpha value is -2.14. The summed E-state index contributed by atoms with van der Waals surface area (Å²) in [7, 11) is 0. The van der Waals surface area contributed by atoms with Crippen molar-refractivity contribution in [2.45, 2.75) is 31.6 Å². The van der Waals surface area contributed by atoms with Crippen LogP contribution < -0.4 is 0 Å². The maximum Gasteiger partial charge on any atom is 0.0733 e. The quantitative estimate of drug-likeness (QED) is 0.794. The van der Waals surface area contributed by atoms with Crippen LogP contribution in [-0.4, -0.2) is 4.98 Å². The molecule has 0 amide bonds. The van der Waals surface area contributed by atoms with E-state index in [0.717, 1.165) is 18.4 Å². The molecule has 0 spiro atoms. The second kappa shape index (κ2) is 6.70. The Morgan fingerprint density at radius 1 is 1.11 bits per heavy atom. The predicted octanol–water partition coefficient (Wildman–Crippen LogP) is 4.27. The number of benzene rings is 1. The molecule has 0 radical (unpaired) electrons. The normalized spacial score (nSPS) is 13.5. The number of nitrogens with zero attached hydrogens (tertiary/aromatic N) is 2. The minimum Gasteiger partial charge on any atom is -0.264 e. The summed E-state index contributed by atoms with van der Waals surface area (Å²) < 4.78 is 0. The van der Waals surface area contributed by atoms with Gasteiger partial charge in [0.25, 0.3) is 0 Å². The minimum absolute atomic E-state index is 0.0844. The number of aromatic nitrogens is 1. The molecule has 2 heteroatoms. The van der Waals surface area contributed by atoms with Crippen LogP contribution in [0.4, 0.5) is 0 Å². The zero-order chi connectivity index (χ0) is 13.5. The van der Waals surface area contributed by atoms with Crippen molar-refractivity contribution in [1.29, 1.82) is 5.26 Å². The van der Waals surface area contributed by atoms with Crippen LogP contribution in [0.3, 0.4) is 0 Å². The Morgan fingerprint density at radius 2 is 1.84 bits per heavy atom. The van der Waals surface area contributed by atoms with Gasteiger partial charge in [-0.25, -0.2) is 0 Å². The van der Waals surface area contributed by atoms with Gasteiger partial charge in [-0.3, -0.25) is 4.98 Å². The number of hydrogen-bond donors (Lipinski definition) is 0. The fraction of sp³-hybridized carbons (Fsp3) is 0.294. The van der Waals surface area contributed by atoms with Crippen LogP contribution in [0.2, 0.25) is 0 Å². The van der Waals surface area contributed by atoms with Crippen molar-refractivity contribution in [1.82, 2.24) is 4.98 Å². The lowest BCUT2D eigenvalue weighted by atomic mass is 9.85. The summed E-state index contributed by atoms with van der Waals surface area (Å²) in [4.78, 5) is 4.11. The van der Waals surface area contributed by atoms with Crippen LogP contribution in [0.15, 0.2) is 54.9 Å². The zero-order valence-electron chi connectivity index (χ0n) is 11.2. The lowest BCUT2D eigenvalue weighted by Gasteiger charge is -2.18. The molecule has 0 fully saturated rings. The van der Waals surface area contributed by atoms with E-state index in [2.05, 4.69) is 42.2 Å². The van der Waals surface area contributed by atoms with Gasteiger partial charge in [0.05, 0.1) is 12.0 Å². The molecule has 0 saturated heterocycles. The third-order valence-electron chi connectivity index (χ3n) is 3.53. The Morgan fingerprint density at radius 3 is 2.42 bits per heavy atom. The summed E-state index contributed by atoms with van der Waals surface area (Å²) in [5.74, 6) is 0.338. The molecule has 2 aromatic rings. The standard InChI is InChI=1S/C17H18N2/c1-2-14(15-7-4-3-5-8-15)11-17(12-18)16-9-6-10-19-13-16/h3-10,13-14,17H,2,11H2,1H3/t14-,17+/m1/s1. The van der Waals surface area contributed by atoms with Gasteiger partial charge in [-0.05, 0) is 36.0 Å². The summed E-state index contributed by atoms with van der Waals surface area (Å²) in [6, 6.07) is 16.7. The van der Waals surface area contributed by atoms with E-state index in [0.29, 0.717) is 5.92 Å². The number of pyridine rings is 1. The molecular weight excluding hydrogens is 232 g/mol. The van der Waals surface area contributed by atoms with Gasteiger partial charge in [-0.1, -0.05) is 43.3 Å². The Balaban J connectivity index is 2.16. The molecular formula is C17H18N2. The lowest BCUT2D eigenvalue weighted by molar-refractivity contribution is 0.575.